The summed E-state index contributed by atoms with van der Waals surface area (Å²) in [4.78, 5) is 11.4. The molecule has 0 aliphatic rings. The van der Waals surface area contributed by atoms with Crippen molar-refractivity contribution in [2.45, 2.75) is 47.5 Å². The first-order chi connectivity index (χ1) is 8.99. The van der Waals surface area contributed by atoms with Gasteiger partial charge in [0.2, 0.25) is 5.91 Å². The van der Waals surface area contributed by atoms with E-state index >= 15 is 0 Å². The lowest BCUT2D eigenvalue weighted by molar-refractivity contribution is -0.115. The van der Waals surface area contributed by atoms with Crippen molar-refractivity contribution < 1.29 is 4.79 Å². The lowest BCUT2D eigenvalue weighted by atomic mass is 10.0. The summed E-state index contributed by atoms with van der Waals surface area (Å²) >= 11 is 6.14. The normalized spacial score (nSPS) is 9.37. The van der Waals surface area contributed by atoms with Gasteiger partial charge in [-0.3, -0.25) is 4.79 Å². The van der Waals surface area contributed by atoms with Crippen LogP contribution < -0.4 is 5.32 Å². The van der Waals surface area contributed by atoms with Crippen LogP contribution >= 0.6 is 11.6 Å². The van der Waals surface area contributed by atoms with Crippen LogP contribution in [-0.4, -0.2) is 11.6 Å². The first-order valence-corrected chi connectivity index (χ1v) is 7.05. The molecule has 0 aromatic heterocycles. The van der Waals surface area contributed by atoms with E-state index in [0.29, 0.717) is 28.4 Å². The molecule has 0 spiro atoms. The van der Waals surface area contributed by atoms with Crippen LogP contribution in [0, 0.1) is 5.41 Å². The standard InChI is InChI=1S/C13H17ClN2O.C2H6/c1-4-9-6-10(14)13(8(3)15)11(7-9)16-12(17)5-2;1-2/h6-7,15H,4-5H2,1-3H3,(H,16,17);1-2H3. The fourth-order valence-electron chi connectivity index (χ4n) is 1.59. The molecule has 3 nitrogen and oxygen atoms in total. The van der Waals surface area contributed by atoms with Crippen LogP contribution in [-0.2, 0) is 11.2 Å². The van der Waals surface area contributed by atoms with Gasteiger partial charge >= 0.3 is 0 Å². The van der Waals surface area contributed by atoms with Gasteiger partial charge in [-0.05, 0) is 31.0 Å². The zero-order valence-electron chi connectivity index (χ0n) is 12.4. The van der Waals surface area contributed by atoms with Gasteiger partial charge in [-0.15, -0.1) is 0 Å². The molecule has 2 N–H and O–H groups in total. The Bertz CT molecular complexity index is 456. The lowest BCUT2D eigenvalue weighted by Crippen LogP contribution is -2.13. The largest absolute Gasteiger partial charge is 0.325 e. The van der Waals surface area contributed by atoms with Gasteiger partial charge in [0.15, 0.2) is 0 Å². The molecule has 0 atom stereocenters. The Hall–Kier alpha value is -1.35. The minimum Gasteiger partial charge on any atom is -0.325 e. The van der Waals surface area contributed by atoms with Crippen LogP contribution in [0.5, 0.6) is 0 Å². The molecular weight excluding hydrogens is 260 g/mol. The van der Waals surface area contributed by atoms with Crippen molar-refractivity contribution in [3.05, 3.63) is 28.3 Å². The number of amides is 1. The molecule has 0 bridgehead atoms. The van der Waals surface area contributed by atoms with Crippen LogP contribution in [0.3, 0.4) is 0 Å². The van der Waals surface area contributed by atoms with E-state index in [1.807, 2.05) is 32.9 Å². The highest BCUT2D eigenvalue weighted by Gasteiger charge is 2.12. The van der Waals surface area contributed by atoms with Gasteiger partial charge in [-0.1, -0.05) is 39.3 Å². The van der Waals surface area contributed by atoms with Crippen molar-refractivity contribution >= 4 is 28.9 Å². The topological polar surface area (TPSA) is 53.0 Å². The van der Waals surface area contributed by atoms with Crippen molar-refractivity contribution in [1.82, 2.24) is 0 Å². The second-order valence-electron chi connectivity index (χ2n) is 3.88. The maximum atomic E-state index is 11.4. The predicted octanol–water partition coefficient (Wildman–Crippen LogP) is 4.66. The second-order valence-corrected chi connectivity index (χ2v) is 4.29. The Morgan fingerprint density at radius 3 is 2.32 bits per heavy atom. The number of carbonyl (C=O) groups is 1. The second kappa shape index (κ2) is 8.70. The summed E-state index contributed by atoms with van der Waals surface area (Å²) in [5.74, 6) is -0.0724. The smallest absolute Gasteiger partial charge is 0.224 e. The van der Waals surface area contributed by atoms with E-state index in [9.17, 15) is 4.79 Å². The fourth-order valence-corrected chi connectivity index (χ4v) is 1.97. The summed E-state index contributed by atoms with van der Waals surface area (Å²) in [5.41, 5.74) is 2.63. The molecule has 0 aliphatic carbocycles. The van der Waals surface area contributed by atoms with Gasteiger partial charge in [0.1, 0.15) is 0 Å². The molecule has 106 valence electrons. The Labute approximate surface area is 120 Å². The van der Waals surface area contributed by atoms with Crippen molar-refractivity contribution in [3.63, 3.8) is 0 Å². The summed E-state index contributed by atoms with van der Waals surface area (Å²) in [6, 6.07) is 3.73. The Morgan fingerprint density at radius 1 is 1.32 bits per heavy atom. The number of carbonyl (C=O) groups excluding carboxylic acids is 1. The van der Waals surface area contributed by atoms with E-state index in [2.05, 4.69) is 5.32 Å². The SMILES string of the molecule is CC.CCC(=O)Nc1cc(CC)cc(Cl)c1C(C)=N. The minimum absolute atomic E-state index is 0.0724. The monoisotopic (exact) mass is 282 g/mol. The van der Waals surface area contributed by atoms with Crippen molar-refractivity contribution in [2.24, 2.45) is 0 Å². The van der Waals surface area contributed by atoms with Crippen LogP contribution in [0.2, 0.25) is 5.02 Å². The summed E-state index contributed by atoms with van der Waals surface area (Å²) in [7, 11) is 0. The highest BCUT2D eigenvalue weighted by molar-refractivity contribution is 6.35. The number of aryl methyl sites for hydroxylation is 1. The summed E-state index contributed by atoms with van der Waals surface area (Å²) in [6.07, 6.45) is 1.25. The fraction of sp³-hybridized carbons (Fsp3) is 0.467. The number of hydrogen-bond donors (Lipinski definition) is 2. The molecule has 0 saturated carbocycles. The molecular formula is C15H23ClN2O. The van der Waals surface area contributed by atoms with Crippen LogP contribution in [0.1, 0.15) is 52.2 Å². The third-order valence-corrected chi connectivity index (χ3v) is 2.83. The number of nitrogens with one attached hydrogen (secondary N) is 2. The molecule has 1 aromatic carbocycles. The Morgan fingerprint density at radius 2 is 1.89 bits per heavy atom. The van der Waals surface area contributed by atoms with Crippen molar-refractivity contribution in [1.29, 1.82) is 5.41 Å². The predicted molar refractivity (Wildman–Crippen MR) is 83.6 cm³/mol. The molecule has 0 saturated heterocycles. The Balaban J connectivity index is 0.00000154. The highest BCUT2D eigenvalue weighted by atomic mass is 35.5. The zero-order valence-corrected chi connectivity index (χ0v) is 13.1. The molecule has 0 fully saturated rings. The lowest BCUT2D eigenvalue weighted by Gasteiger charge is -2.13. The third-order valence-electron chi connectivity index (χ3n) is 2.53. The van der Waals surface area contributed by atoms with Gasteiger partial charge in [0, 0.05) is 17.7 Å². The summed E-state index contributed by atoms with van der Waals surface area (Å²) in [6.45, 7) is 9.47. The molecule has 0 unspecified atom stereocenters. The molecule has 1 aromatic rings. The molecule has 19 heavy (non-hydrogen) atoms. The maximum absolute atomic E-state index is 11.4. The number of benzene rings is 1. The minimum atomic E-state index is -0.0724. The number of hydrogen-bond acceptors (Lipinski definition) is 2. The number of anilines is 1. The van der Waals surface area contributed by atoms with Crippen LogP contribution in [0.4, 0.5) is 5.69 Å². The highest BCUT2D eigenvalue weighted by Crippen LogP contribution is 2.27. The molecule has 1 rings (SSSR count). The van der Waals surface area contributed by atoms with Gasteiger partial charge < -0.3 is 10.7 Å². The van der Waals surface area contributed by atoms with Gasteiger partial charge in [-0.25, -0.2) is 0 Å². The van der Waals surface area contributed by atoms with E-state index in [1.165, 1.54) is 0 Å². The maximum Gasteiger partial charge on any atom is 0.224 e. The van der Waals surface area contributed by atoms with Gasteiger partial charge in [-0.2, -0.15) is 0 Å². The van der Waals surface area contributed by atoms with Gasteiger partial charge in [0.05, 0.1) is 10.7 Å². The summed E-state index contributed by atoms with van der Waals surface area (Å²) < 4.78 is 0. The molecule has 1 amide bonds. The van der Waals surface area contributed by atoms with E-state index in [-0.39, 0.29) is 5.91 Å². The van der Waals surface area contributed by atoms with E-state index in [1.54, 1.807) is 13.8 Å². The molecule has 4 heteroatoms. The quantitative estimate of drug-likeness (QED) is 0.775. The third kappa shape index (κ3) is 5.03. The van der Waals surface area contributed by atoms with Crippen LogP contribution in [0.25, 0.3) is 0 Å². The van der Waals surface area contributed by atoms with Crippen LogP contribution in [0.15, 0.2) is 12.1 Å². The van der Waals surface area contributed by atoms with E-state index in [0.717, 1.165) is 12.0 Å². The first kappa shape index (κ1) is 17.6. The Kier molecular flexibility index (Phi) is 8.08. The van der Waals surface area contributed by atoms with E-state index < -0.39 is 0 Å². The van der Waals surface area contributed by atoms with Crippen molar-refractivity contribution in [2.75, 3.05) is 5.32 Å². The summed E-state index contributed by atoms with van der Waals surface area (Å²) in [5, 5.41) is 11.0. The van der Waals surface area contributed by atoms with Gasteiger partial charge in [0.25, 0.3) is 0 Å². The average molecular weight is 283 g/mol. The first-order valence-electron chi connectivity index (χ1n) is 6.67. The zero-order chi connectivity index (χ0) is 15.0. The average Bonchev–Trinajstić information content (AvgIpc) is 2.39. The van der Waals surface area contributed by atoms with Crippen molar-refractivity contribution in [3.8, 4) is 0 Å². The molecule has 0 radical (unpaired) electrons. The van der Waals surface area contributed by atoms with E-state index in [4.69, 9.17) is 17.0 Å². The number of rotatable bonds is 4. The number of halogens is 1. The molecule has 0 aliphatic heterocycles. The molecule has 0 heterocycles.